The molecule has 1 amide bonds. The third-order valence-electron chi connectivity index (χ3n) is 4.84. The summed E-state index contributed by atoms with van der Waals surface area (Å²) in [6, 6.07) is 19.9. The second-order valence-electron chi connectivity index (χ2n) is 7.22. The van der Waals surface area contributed by atoms with Crippen LogP contribution in [0, 0.1) is 0 Å². The lowest BCUT2D eigenvalue weighted by molar-refractivity contribution is 0.0938. The molecule has 0 unspecified atom stereocenters. The SMILES string of the molecule is CCC[C@@H](C)NC(=O)c1ccc(OCC)c(COc2ccc3ccccc3c2)c1. The van der Waals surface area contributed by atoms with Crippen LogP contribution in [0.4, 0.5) is 0 Å². The fraction of sp³-hybridized carbons (Fsp3) is 0.320. The molecule has 0 aliphatic rings. The van der Waals surface area contributed by atoms with Gasteiger partial charge in [0.2, 0.25) is 0 Å². The number of carbonyl (C=O) groups excluding carboxylic acids is 1. The third-order valence-corrected chi connectivity index (χ3v) is 4.84. The van der Waals surface area contributed by atoms with E-state index in [1.165, 1.54) is 5.39 Å². The lowest BCUT2D eigenvalue weighted by atomic mass is 10.1. The molecule has 3 rings (SSSR count). The molecule has 3 aromatic rings. The van der Waals surface area contributed by atoms with Crippen molar-refractivity contribution in [3.05, 3.63) is 71.8 Å². The van der Waals surface area contributed by atoms with E-state index in [0.29, 0.717) is 18.8 Å². The summed E-state index contributed by atoms with van der Waals surface area (Å²) in [4.78, 5) is 12.6. The van der Waals surface area contributed by atoms with Crippen LogP contribution in [0.2, 0.25) is 0 Å². The Morgan fingerprint density at radius 2 is 1.76 bits per heavy atom. The third kappa shape index (κ3) is 5.50. The Labute approximate surface area is 172 Å². The number of nitrogens with one attached hydrogen (secondary N) is 1. The first kappa shape index (κ1) is 20.7. The molecule has 3 aromatic carbocycles. The van der Waals surface area contributed by atoms with Crippen LogP contribution in [0.25, 0.3) is 10.8 Å². The van der Waals surface area contributed by atoms with E-state index in [1.807, 2.05) is 56.3 Å². The maximum atomic E-state index is 12.6. The number of hydrogen-bond acceptors (Lipinski definition) is 3. The maximum Gasteiger partial charge on any atom is 0.251 e. The van der Waals surface area contributed by atoms with Crippen LogP contribution in [0.1, 0.15) is 49.5 Å². The van der Waals surface area contributed by atoms with Crippen molar-refractivity contribution < 1.29 is 14.3 Å². The van der Waals surface area contributed by atoms with Crippen LogP contribution >= 0.6 is 0 Å². The van der Waals surface area contributed by atoms with E-state index in [2.05, 4.69) is 24.4 Å². The number of hydrogen-bond donors (Lipinski definition) is 1. The number of fused-ring (bicyclic) bond motifs is 1. The Bertz CT molecular complexity index is 967. The molecule has 0 spiro atoms. The first-order valence-corrected chi connectivity index (χ1v) is 10.3. The second kappa shape index (κ2) is 9.97. The normalized spacial score (nSPS) is 11.8. The number of amides is 1. The minimum Gasteiger partial charge on any atom is -0.493 e. The lowest BCUT2D eigenvalue weighted by Gasteiger charge is -2.16. The van der Waals surface area contributed by atoms with Crippen molar-refractivity contribution in [2.45, 2.75) is 46.3 Å². The molecule has 4 nitrogen and oxygen atoms in total. The second-order valence-corrected chi connectivity index (χ2v) is 7.22. The van der Waals surface area contributed by atoms with Crippen molar-refractivity contribution >= 4 is 16.7 Å². The summed E-state index contributed by atoms with van der Waals surface area (Å²) in [5.41, 5.74) is 1.48. The van der Waals surface area contributed by atoms with Gasteiger partial charge in [0, 0.05) is 17.2 Å². The van der Waals surface area contributed by atoms with Gasteiger partial charge in [-0.1, -0.05) is 43.7 Å². The topological polar surface area (TPSA) is 47.6 Å². The summed E-state index contributed by atoms with van der Waals surface area (Å²) in [7, 11) is 0. The highest BCUT2D eigenvalue weighted by Gasteiger charge is 2.13. The smallest absolute Gasteiger partial charge is 0.251 e. The van der Waals surface area contributed by atoms with Gasteiger partial charge in [-0.25, -0.2) is 0 Å². The molecule has 152 valence electrons. The zero-order valence-corrected chi connectivity index (χ0v) is 17.4. The average molecular weight is 392 g/mol. The van der Waals surface area contributed by atoms with Gasteiger partial charge in [0.1, 0.15) is 18.1 Å². The predicted molar refractivity (Wildman–Crippen MR) is 118 cm³/mol. The lowest BCUT2D eigenvalue weighted by Crippen LogP contribution is -2.32. The van der Waals surface area contributed by atoms with Gasteiger partial charge in [0.15, 0.2) is 0 Å². The van der Waals surface area contributed by atoms with Gasteiger partial charge in [-0.3, -0.25) is 4.79 Å². The van der Waals surface area contributed by atoms with E-state index >= 15 is 0 Å². The quantitative estimate of drug-likeness (QED) is 0.506. The monoisotopic (exact) mass is 391 g/mol. The summed E-state index contributed by atoms with van der Waals surface area (Å²) < 4.78 is 11.8. The van der Waals surface area contributed by atoms with Gasteiger partial charge in [-0.2, -0.15) is 0 Å². The predicted octanol–water partition coefficient (Wildman–Crippen LogP) is 5.74. The Kier molecular flexibility index (Phi) is 7.12. The van der Waals surface area contributed by atoms with Crippen molar-refractivity contribution in [1.82, 2.24) is 5.32 Å². The maximum absolute atomic E-state index is 12.6. The molecule has 1 N–H and O–H groups in total. The van der Waals surface area contributed by atoms with Crippen LogP contribution in [-0.2, 0) is 6.61 Å². The molecule has 0 aromatic heterocycles. The van der Waals surface area contributed by atoms with E-state index < -0.39 is 0 Å². The van der Waals surface area contributed by atoms with Gasteiger partial charge in [-0.15, -0.1) is 0 Å². The minimum absolute atomic E-state index is 0.0686. The molecule has 29 heavy (non-hydrogen) atoms. The molecule has 1 atom stereocenters. The first-order valence-electron chi connectivity index (χ1n) is 10.3. The molecule has 0 aliphatic heterocycles. The first-order chi connectivity index (χ1) is 14.1. The fourth-order valence-electron chi connectivity index (χ4n) is 3.36. The van der Waals surface area contributed by atoms with Gasteiger partial charge in [0.05, 0.1) is 6.61 Å². The van der Waals surface area contributed by atoms with Crippen LogP contribution in [-0.4, -0.2) is 18.6 Å². The Morgan fingerprint density at radius 1 is 0.966 bits per heavy atom. The van der Waals surface area contributed by atoms with E-state index in [4.69, 9.17) is 9.47 Å². The largest absolute Gasteiger partial charge is 0.493 e. The van der Waals surface area contributed by atoms with Crippen LogP contribution in [0.15, 0.2) is 60.7 Å². The van der Waals surface area contributed by atoms with E-state index in [0.717, 1.165) is 35.3 Å². The highest BCUT2D eigenvalue weighted by molar-refractivity contribution is 5.94. The Hall–Kier alpha value is -3.01. The van der Waals surface area contributed by atoms with Crippen molar-refractivity contribution in [3.8, 4) is 11.5 Å². The Morgan fingerprint density at radius 3 is 2.52 bits per heavy atom. The molecule has 0 saturated heterocycles. The molecule has 0 bridgehead atoms. The minimum atomic E-state index is -0.0686. The van der Waals surface area contributed by atoms with Crippen LogP contribution in [0.5, 0.6) is 11.5 Å². The molecule has 0 aliphatic carbocycles. The average Bonchev–Trinajstić information content (AvgIpc) is 2.73. The Balaban J connectivity index is 1.77. The zero-order valence-electron chi connectivity index (χ0n) is 17.4. The van der Waals surface area contributed by atoms with Gasteiger partial charge in [-0.05, 0) is 61.4 Å². The highest BCUT2D eigenvalue weighted by Crippen LogP contribution is 2.25. The standard InChI is InChI=1S/C25H29NO3/c1-4-8-18(3)26-25(27)21-12-14-24(28-5-2)22(15-21)17-29-23-13-11-19-9-6-7-10-20(19)16-23/h6-7,9-16,18H,4-5,8,17H2,1-3H3,(H,26,27)/t18-/m1/s1. The van der Waals surface area contributed by atoms with Gasteiger partial charge >= 0.3 is 0 Å². The van der Waals surface area contributed by atoms with Gasteiger partial charge in [0.25, 0.3) is 5.91 Å². The summed E-state index contributed by atoms with van der Waals surface area (Å²) in [5, 5.41) is 5.36. The molecule has 0 saturated carbocycles. The van der Waals surface area contributed by atoms with Crippen molar-refractivity contribution in [2.24, 2.45) is 0 Å². The van der Waals surface area contributed by atoms with E-state index in [1.54, 1.807) is 6.07 Å². The summed E-state index contributed by atoms with van der Waals surface area (Å²) in [6.07, 6.45) is 2.00. The van der Waals surface area contributed by atoms with Crippen molar-refractivity contribution in [3.63, 3.8) is 0 Å². The fourth-order valence-corrected chi connectivity index (χ4v) is 3.36. The van der Waals surface area contributed by atoms with E-state index in [-0.39, 0.29) is 11.9 Å². The van der Waals surface area contributed by atoms with Crippen molar-refractivity contribution in [1.29, 1.82) is 0 Å². The molecular weight excluding hydrogens is 362 g/mol. The number of ether oxygens (including phenoxy) is 2. The number of rotatable bonds is 9. The van der Waals surface area contributed by atoms with E-state index in [9.17, 15) is 4.79 Å². The van der Waals surface area contributed by atoms with Crippen LogP contribution in [0.3, 0.4) is 0 Å². The number of benzene rings is 3. The molecule has 4 heteroatoms. The van der Waals surface area contributed by atoms with Gasteiger partial charge < -0.3 is 14.8 Å². The molecular formula is C25H29NO3. The van der Waals surface area contributed by atoms with Crippen LogP contribution < -0.4 is 14.8 Å². The summed E-state index contributed by atoms with van der Waals surface area (Å²) in [6.45, 7) is 6.98. The van der Waals surface area contributed by atoms with Crippen molar-refractivity contribution in [2.75, 3.05) is 6.61 Å². The molecule has 0 fully saturated rings. The summed E-state index contributed by atoms with van der Waals surface area (Å²) >= 11 is 0. The zero-order chi connectivity index (χ0) is 20.6. The summed E-state index contributed by atoms with van der Waals surface area (Å²) in [5.74, 6) is 1.46. The molecule has 0 radical (unpaired) electrons. The highest BCUT2D eigenvalue weighted by atomic mass is 16.5. The molecule has 0 heterocycles. The number of carbonyl (C=O) groups is 1.